The van der Waals surface area contributed by atoms with E-state index in [1.807, 2.05) is 4.90 Å². The van der Waals surface area contributed by atoms with Gasteiger partial charge in [0, 0.05) is 36.0 Å². The standard InChI is InChI=1S/C23H20ClFN8O/c1-34-21-18(24)13(6-9-28-21)19-17-16(12-26)29-22(30-20(17)32-31-19)33-10-7-23(27,8-11-33)14-4-2-3-5-15(14)25/h2-6,9H,7-8,10-11,27H2,1H3,(H,29,30,31,32). The number of nitriles is 1. The first-order valence-corrected chi connectivity index (χ1v) is 11.0. The lowest BCUT2D eigenvalue weighted by atomic mass is 9.81. The van der Waals surface area contributed by atoms with E-state index in [2.05, 4.69) is 31.2 Å². The maximum atomic E-state index is 14.3. The number of benzene rings is 1. The molecule has 0 unspecified atom stereocenters. The van der Waals surface area contributed by atoms with E-state index in [9.17, 15) is 9.65 Å². The number of halogens is 2. The number of ether oxygens (including phenoxy) is 1. The number of nitrogens with two attached hydrogens (primary N) is 1. The fourth-order valence-electron chi connectivity index (χ4n) is 4.33. The van der Waals surface area contributed by atoms with Crippen molar-refractivity contribution in [3.05, 3.63) is 58.6 Å². The zero-order valence-corrected chi connectivity index (χ0v) is 19.0. The Labute approximate surface area is 199 Å². The predicted octanol–water partition coefficient (Wildman–Crippen LogP) is 3.54. The monoisotopic (exact) mass is 478 g/mol. The predicted molar refractivity (Wildman–Crippen MR) is 125 cm³/mol. The number of piperidine rings is 1. The number of anilines is 1. The van der Waals surface area contributed by atoms with Crippen molar-refractivity contribution in [2.45, 2.75) is 18.4 Å². The van der Waals surface area contributed by atoms with Crippen LogP contribution in [0.15, 0.2) is 36.5 Å². The van der Waals surface area contributed by atoms with Crippen molar-refractivity contribution in [3.8, 4) is 23.2 Å². The maximum Gasteiger partial charge on any atom is 0.232 e. The van der Waals surface area contributed by atoms with Gasteiger partial charge in [-0.3, -0.25) is 5.10 Å². The van der Waals surface area contributed by atoms with Gasteiger partial charge in [-0.15, -0.1) is 0 Å². The largest absolute Gasteiger partial charge is 0.480 e. The summed E-state index contributed by atoms with van der Waals surface area (Å²) < 4.78 is 19.5. The lowest BCUT2D eigenvalue weighted by molar-refractivity contribution is 0.328. The van der Waals surface area contributed by atoms with E-state index in [4.69, 9.17) is 22.1 Å². The lowest BCUT2D eigenvalue weighted by Crippen LogP contribution is -2.49. The highest BCUT2D eigenvalue weighted by molar-refractivity contribution is 6.34. The van der Waals surface area contributed by atoms with Crippen molar-refractivity contribution in [3.63, 3.8) is 0 Å². The molecule has 1 aliphatic rings. The number of H-pyrrole nitrogens is 1. The van der Waals surface area contributed by atoms with E-state index in [1.165, 1.54) is 13.2 Å². The number of hydrogen-bond acceptors (Lipinski definition) is 8. The van der Waals surface area contributed by atoms with Crippen molar-refractivity contribution in [1.82, 2.24) is 25.1 Å². The fraction of sp³-hybridized carbons (Fsp3) is 0.261. The van der Waals surface area contributed by atoms with Crippen molar-refractivity contribution < 1.29 is 9.13 Å². The first-order valence-electron chi connectivity index (χ1n) is 10.6. The molecule has 0 saturated carbocycles. The summed E-state index contributed by atoms with van der Waals surface area (Å²) in [7, 11) is 1.47. The number of aromatic nitrogens is 5. The SMILES string of the molecule is COc1nccc(-c2[nH]nc3nc(N4CCC(N)(c5ccccc5F)CC4)nc(C#N)c23)c1Cl. The third-order valence-corrected chi connectivity index (χ3v) is 6.54. The summed E-state index contributed by atoms with van der Waals surface area (Å²) in [6.07, 6.45) is 2.57. The third-order valence-electron chi connectivity index (χ3n) is 6.18. The van der Waals surface area contributed by atoms with Gasteiger partial charge in [-0.05, 0) is 25.0 Å². The van der Waals surface area contributed by atoms with Crippen LogP contribution in [-0.4, -0.2) is 45.3 Å². The number of pyridine rings is 1. The second-order valence-corrected chi connectivity index (χ2v) is 8.46. The van der Waals surface area contributed by atoms with Crippen molar-refractivity contribution in [2.24, 2.45) is 5.73 Å². The van der Waals surface area contributed by atoms with Crippen LogP contribution in [0.1, 0.15) is 24.1 Å². The normalized spacial score (nSPS) is 15.3. The molecule has 5 rings (SSSR count). The van der Waals surface area contributed by atoms with Gasteiger partial charge < -0.3 is 15.4 Å². The van der Waals surface area contributed by atoms with Crippen molar-refractivity contribution in [2.75, 3.05) is 25.1 Å². The molecule has 0 atom stereocenters. The first kappa shape index (κ1) is 22.0. The summed E-state index contributed by atoms with van der Waals surface area (Å²) in [5.41, 5.74) is 7.86. The molecule has 11 heteroatoms. The number of fused-ring (bicyclic) bond motifs is 1. The first-order chi connectivity index (χ1) is 16.4. The molecule has 172 valence electrons. The molecule has 1 aliphatic heterocycles. The molecule has 0 radical (unpaired) electrons. The van der Waals surface area contributed by atoms with Crippen LogP contribution in [0.25, 0.3) is 22.3 Å². The average Bonchev–Trinajstić information content (AvgIpc) is 3.28. The minimum atomic E-state index is -0.777. The van der Waals surface area contributed by atoms with Gasteiger partial charge in [0.25, 0.3) is 0 Å². The molecule has 0 amide bonds. The maximum absolute atomic E-state index is 14.3. The third kappa shape index (κ3) is 3.59. The second kappa shape index (κ2) is 8.52. The van der Waals surface area contributed by atoms with E-state index < -0.39 is 5.54 Å². The molecule has 1 saturated heterocycles. The molecule has 1 fully saturated rings. The van der Waals surface area contributed by atoms with Crippen LogP contribution in [0.3, 0.4) is 0 Å². The van der Waals surface area contributed by atoms with Gasteiger partial charge in [0.2, 0.25) is 11.8 Å². The molecular formula is C23H20ClFN8O. The summed E-state index contributed by atoms with van der Waals surface area (Å²) in [6, 6.07) is 10.4. The Bertz CT molecular complexity index is 1420. The smallest absolute Gasteiger partial charge is 0.232 e. The molecule has 34 heavy (non-hydrogen) atoms. The minimum Gasteiger partial charge on any atom is -0.480 e. The Morgan fingerprint density at radius 3 is 2.71 bits per heavy atom. The Balaban J connectivity index is 1.48. The summed E-state index contributed by atoms with van der Waals surface area (Å²) in [5.74, 6) is 0.320. The number of hydrogen-bond donors (Lipinski definition) is 2. The molecule has 4 aromatic rings. The van der Waals surface area contributed by atoms with Crippen LogP contribution in [0, 0.1) is 17.1 Å². The fourth-order valence-corrected chi connectivity index (χ4v) is 4.61. The zero-order chi connectivity index (χ0) is 23.9. The Hall–Kier alpha value is -3.81. The topological polar surface area (TPSA) is 130 Å². The van der Waals surface area contributed by atoms with E-state index in [0.29, 0.717) is 59.7 Å². The van der Waals surface area contributed by atoms with Crippen molar-refractivity contribution in [1.29, 1.82) is 5.26 Å². The summed E-state index contributed by atoms with van der Waals surface area (Å²) >= 11 is 6.43. The molecule has 1 aromatic carbocycles. The van der Waals surface area contributed by atoms with Gasteiger partial charge in [-0.25, -0.2) is 14.4 Å². The number of methoxy groups -OCH3 is 1. The number of nitrogens with one attached hydrogen (secondary N) is 1. The molecule has 0 spiro atoms. The zero-order valence-electron chi connectivity index (χ0n) is 18.2. The van der Waals surface area contributed by atoms with E-state index in [0.717, 1.165) is 0 Å². The number of nitrogens with zero attached hydrogens (tertiary/aromatic N) is 6. The summed E-state index contributed by atoms with van der Waals surface area (Å²) in [6.45, 7) is 1.01. The Kier molecular flexibility index (Phi) is 5.51. The number of rotatable bonds is 4. The Morgan fingerprint density at radius 2 is 2.00 bits per heavy atom. The van der Waals surface area contributed by atoms with Gasteiger partial charge in [0.1, 0.15) is 16.9 Å². The molecule has 0 bridgehead atoms. The van der Waals surface area contributed by atoms with E-state index in [1.54, 1.807) is 30.5 Å². The lowest BCUT2D eigenvalue weighted by Gasteiger charge is -2.39. The van der Waals surface area contributed by atoms with E-state index in [-0.39, 0.29) is 22.4 Å². The molecule has 3 aromatic heterocycles. The van der Waals surface area contributed by atoms with Gasteiger partial charge in [-0.1, -0.05) is 29.8 Å². The highest BCUT2D eigenvalue weighted by Crippen LogP contribution is 2.37. The highest BCUT2D eigenvalue weighted by Gasteiger charge is 2.35. The van der Waals surface area contributed by atoms with Gasteiger partial charge >= 0.3 is 0 Å². The summed E-state index contributed by atoms with van der Waals surface area (Å²) in [5, 5.41) is 17.8. The van der Waals surface area contributed by atoms with Crippen LogP contribution >= 0.6 is 11.6 Å². The van der Waals surface area contributed by atoms with Gasteiger partial charge in [0.15, 0.2) is 11.3 Å². The average molecular weight is 479 g/mol. The second-order valence-electron chi connectivity index (χ2n) is 8.09. The van der Waals surface area contributed by atoms with Crippen LogP contribution in [0.5, 0.6) is 5.88 Å². The van der Waals surface area contributed by atoms with Crippen molar-refractivity contribution >= 4 is 28.6 Å². The highest BCUT2D eigenvalue weighted by atomic mass is 35.5. The molecule has 0 aliphatic carbocycles. The molecule has 4 heterocycles. The van der Waals surface area contributed by atoms with Crippen LogP contribution in [0.2, 0.25) is 5.02 Å². The van der Waals surface area contributed by atoms with Crippen LogP contribution < -0.4 is 15.4 Å². The molecule has 3 N–H and O–H groups in total. The van der Waals surface area contributed by atoms with Gasteiger partial charge in [-0.2, -0.15) is 15.3 Å². The minimum absolute atomic E-state index is 0.161. The van der Waals surface area contributed by atoms with E-state index >= 15 is 0 Å². The number of aromatic amines is 1. The Morgan fingerprint density at radius 1 is 1.24 bits per heavy atom. The molecular weight excluding hydrogens is 459 g/mol. The quantitative estimate of drug-likeness (QED) is 0.455. The molecule has 9 nitrogen and oxygen atoms in total. The summed E-state index contributed by atoms with van der Waals surface area (Å²) in [4.78, 5) is 15.1. The van der Waals surface area contributed by atoms with Gasteiger partial charge in [0.05, 0.1) is 18.2 Å². The van der Waals surface area contributed by atoms with Crippen LogP contribution in [-0.2, 0) is 5.54 Å². The van der Waals surface area contributed by atoms with Crippen LogP contribution in [0.4, 0.5) is 10.3 Å².